The standard InChI is InChI=1S/C9H9F7O/c1-4(2)5-6(10,17)3-7(11,12)9(15,16)8(5,13)14/h17H,3H2,1-2H3. The lowest BCUT2D eigenvalue weighted by atomic mass is 9.79. The van der Waals surface area contributed by atoms with Gasteiger partial charge in [-0.1, -0.05) is 5.57 Å². The minimum absolute atomic E-state index is 0.671. The summed E-state index contributed by atoms with van der Waals surface area (Å²) in [7, 11) is 0. The highest BCUT2D eigenvalue weighted by atomic mass is 19.3. The third-order valence-corrected chi connectivity index (χ3v) is 2.51. The van der Waals surface area contributed by atoms with Crippen LogP contribution >= 0.6 is 0 Å². The molecule has 0 aliphatic heterocycles. The first kappa shape index (κ1) is 14.3. The Kier molecular flexibility index (Phi) is 2.83. The van der Waals surface area contributed by atoms with Gasteiger partial charge < -0.3 is 5.11 Å². The maximum absolute atomic E-state index is 13.3. The zero-order valence-electron chi connectivity index (χ0n) is 8.80. The lowest BCUT2D eigenvalue weighted by Crippen LogP contribution is -2.65. The van der Waals surface area contributed by atoms with Gasteiger partial charge in [0.25, 0.3) is 0 Å². The van der Waals surface area contributed by atoms with E-state index >= 15 is 0 Å². The van der Waals surface area contributed by atoms with Gasteiger partial charge in [0.2, 0.25) is 5.85 Å². The molecule has 0 amide bonds. The summed E-state index contributed by atoms with van der Waals surface area (Å²) >= 11 is 0. The molecule has 0 bridgehead atoms. The van der Waals surface area contributed by atoms with Gasteiger partial charge in [0, 0.05) is 0 Å². The van der Waals surface area contributed by atoms with E-state index in [2.05, 4.69) is 0 Å². The molecule has 1 N–H and O–H groups in total. The van der Waals surface area contributed by atoms with E-state index in [-0.39, 0.29) is 0 Å². The molecule has 100 valence electrons. The zero-order valence-corrected chi connectivity index (χ0v) is 8.80. The number of aliphatic hydroxyl groups is 1. The van der Waals surface area contributed by atoms with E-state index in [1.807, 2.05) is 0 Å². The Morgan fingerprint density at radius 3 is 1.76 bits per heavy atom. The van der Waals surface area contributed by atoms with Crippen LogP contribution in [0.25, 0.3) is 0 Å². The molecule has 1 saturated carbocycles. The van der Waals surface area contributed by atoms with Crippen LogP contribution in [0.1, 0.15) is 20.3 Å². The molecule has 1 rings (SSSR count). The predicted octanol–water partition coefficient (Wildman–Crippen LogP) is 3.29. The maximum atomic E-state index is 13.3. The molecule has 0 aromatic rings. The molecular weight excluding hydrogens is 257 g/mol. The fourth-order valence-corrected chi connectivity index (χ4v) is 1.82. The van der Waals surface area contributed by atoms with E-state index in [0.29, 0.717) is 0 Å². The van der Waals surface area contributed by atoms with Gasteiger partial charge in [-0.3, -0.25) is 0 Å². The predicted molar refractivity (Wildman–Crippen MR) is 43.9 cm³/mol. The van der Waals surface area contributed by atoms with Crippen molar-refractivity contribution >= 4 is 0 Å². The average Bonchev–Trinajstić information content (AvgIpc) is 1.95. The van der Waals surface area contributed by atoms with Crippen molar-refractivity contribution in [3.05, 3.63) is 11.1 Å². The first-order valence-electron chi connectivity index (χ1n) is 4.50. The Bertz CT molecular complexity index is 366. The van der Waals surface area contributed by atoms with Gasteiger partial charge >= 0.3 is 17.8 Å². The van der Waals surface area contributed by atoms with E-state index in [1.54, 1.807) is 0 Å². The van der Waals surface area contributed by atoms with Crippen LogP contribution < -0.4 is 0 Å². The highest BCUT2D eigenvalue weighted by Crippen LogP contribution is 2.60. The summed E-state index contributed by atoms with van der Waals surface area (Å²) < 4.78 is 91.0. The second-order valence-electron chi connectivity index (χ2n) is 4.16. The van der Waals surface area contributed by atoms with Crippen molar-refractivity contribution in [2.75, 3.05) is 0 Å². The van der Waals surface area contributed by atoms with E-state index in [4.69, 9.17) is 5.11 Å². The molecule has 1 aliphatic rings. The molecular formula is C9H9F7O. The molecule has 0 saturated heterocycles. The zero-order chi connectivity index (χ0) is 13.9. The van der Waals surface area contributed by atoms with Crippen LogP contribution in [0, 0.1) is 0 Å². The highest BCUT2D eigenvalue weighted by Gasteiger charge is 2.80. The topological polar surface area (TPSA) is 20.2 Å². The number of rotatable bonds is 0. The normalized spacial score (nSPS) is 34.6. The second-order valence-corrected chi connectivity index (χ2v) is 4.16. The molecule has 0 spiro atoms. The van der Waals surface area contributed by atoms with Crippen molar-refractivity contribution in [2.45, 2.75) is 43.9 Å². The molecule has 8 heteroatoms. The van der Waals surface area contributed by atoms with E-state index in [0.717, 1.165) is 13.8 Å². The molecule has 0 radical (unpaired) electrons. The molecule has 1 fully saturated rings. The van der Waals surface area contributed by atoms with Crippen molar-refractivity contribution in [1.29, 1.82) is 0 Å². The van der Waals surface area contributed by atoms with Gasteiger partial charge in [0.15, 0.2) is 0 Å². The first-order chi connectivity index (χ1) is 7.27. The number of allylic oxidation sites excluding steroid dienone is 1. The molecule has 0 aromatic heterocycles. The highest BCUT2D eigenvalue weighted by molar-refractivity contribution is 5.34. The van der Waals surface area contributed by atoms with Gasteiger partial charge in [-0.05, 0) is 13.8 Å². The maximum Gasteiger partial charge on any atom is 0.376 e. The lowest BCUT2D eigenvalue weighted by molar-refractivity contribution is -0.344. The van der Waals surface area contributed by atoms with Crippen molar-refractivity contribution < 1.29 is 35.8 Å². The monoisotopic (exact) mass is 266 g/mol. The minimum atomic E-state index is -5.75. The molecule has 1 nitrogen and oxygen atoms in total. The van der Waals surface area contributed by atoms with Gasteiger partial charge in [-0.2, -0.15) is 26.3 Å². The van der Waals surface area contributed by atoms with E-state index in [1.165, 1.54) is 0 Å². The van der Waals surface area contributed by atoms with Crippen molar-refractivity contribution in [1.82, 2.24) is 0 Å². The third kappa shape index (κ3) is 1.73. The molecule has 17 heavy (non-hydrogen) atoms. The smallest absolute Gasteiger partial charge is 0.358 e. The Morgan fingerprint density at radius 1 is 1.00 bits per heavy atom. The van der Waals surface area contributed by atoms with E-state index in [9.17, 15) is 30.7 Å². The van der Waals surface area contributed by atoms with Gasteiger partial charge in [-0.15, -0.1) is 0 Å². The summed E-state index contributed by atoms with van der Waals surface area (Å²) in [4.78, 5) is 0. The minimum Gasteiger partial charge on any atom is -0.358 e. The Morgan fingerprint density at radius 2 is 1.41 bits per heavy atom. The summed E-state index contributed by atoms with van der Waals surface area (Å²) in [5.74, 6) is -20.7. The van der Waals surface area contributed by atoms with Crippen LogP contribution in [-0.4, -0.2) is 28.7 Å². The van der Waals surface area contributed by atoms with Crippen molar-refractivity contribution in [2.24, 2.45) is 0 Å². The SMILES string of the molecule is CC(C)=C1C(O)(F)CC(F)(F)C(F)(F)C1(F)F. The Balaban J connectivity index is 3.54. The Labute approximate surface area is 91.9 Å². The molecule has 1 unspecified atom stereocenters. The van der Waals surface area contributed by atoms with Crippen LogP contribution in [0.2, 0.25) is 0 Å². The summed E-state index contributed by atoms with van der Waals surface area (Å²) in [6.45, 7) is 1.65. The van der Waals surface area contributed by atoms with Crippen molar-refractivity contribution in [3.8, 4) is 0 Å². The number of halogens is 7. The summed E-state index contributed by atoms with van der Waals surface area (Å²) in [6, 6.07) is 0. The fourth-order valence-electron chi connectivity index (χ4n) is 1.82. The Hall–Kier alpha value is -0.790. The van der Waals surface area contributed by atoms with Crippen LogP contribution in [0.5, 0.6) is 0 Å². The van der Waals surface area contributed by atoms with Crippen molar-refractivity contribution in [3.63, 3.8) is 0 Å². The van der Waals surface area contributed by atoms with Gasteiger partial charge in [0.05, 0.1) is 12.0 Å². The largest absolute Gasteiger partial charge is 0.376 e. The second kappa shape index (κ2) is 3.37. The third-order valence-electron chi connectivity index (χ3n) is 2.51. The molecule has 1 atom stereocenters. The quantitative estimate of drug-likeness (QED) is 0.527. The first-order valence-corrected chi connectivity index (χ1v) is 4.50. The van der Waals surface area contributed by atoms with Crippen LogP contribution in [0.4, 0.5) is 30.7 Å². The van der Waals surface area contributed by atoms with Gasteiger partial charge in [-0.25, -0.2) is 4.39 Å². The summed E-state index contributed by atoms with van der Waals surface area (Å²) in [5.41, 5.74) is -2.67. The summed E-state index contributed by atoms with van der Waals surface area (Å²) in [6.07, 6.45) is -2.40. The molecule has 0 aromatic carbocycles. The number of hydrogen-bond acceptors (Lipinski definition) is 1. The van der Waals surface area contributed by atoms with E-state index < -0.39 is 41.2 Å². The molecule has 0 heterocycles. The summed E-state index contributed by atoms with van der Waals surface area (Å²) in [5, 5.41) is 8.89. The van der Waals surface area contributed by atoms with Crippen LogP contribution in [0.15, 0.2) is 11.1 Å². The number of hydrogen-bond donors (Lipinski definition) is 1. The van der Waals surface area contributed by atoms with Crippen LogP contribution in [0.3, 0.4) is 0 Å². The number of alkyl halides is 7. The average molecular weight is 266 g/mol. The molecule has 1 aliphatic carbocycles. The lowest BCUT2D eigenvalue weighted by Gasteiger charge is -2.44. The fraction of sp³-hybridized carbons (Fsp3) is 0.778. The van der Waals surface area contributed by atoms with Crippen LogP contribution in [-0.2, 0) is 0 Å². The van der Waals surface area contributed by atoms with Gasteiger partial charge in [0.1, 0.15) is 0 Å².